The van der Waals surface area contributed by atoms with Gasteiger partial charge in [0.25, 0.3) is 5.91 Å². The molecule has 0 bridgehead atoms. The summed E-state index contributed by atoms with van der Waals surface area (Å²) >= 11 is 5.91. The molecule has 1 aromatic rings. The zero-order chi connectivity index (χ0) is 14.1. The number of aryl methyl sites for hydroxylation is 1. The number of benzene rings is 1. The van der Waals surface area contributed by atoms with E-state index in [4.69, 9.17) is 11.6 Å². The SMILES string of the molecule is CC.CNC(=O)CNC(=O)c1ccc(C)cc1Cl. The zero-order valence-electron chi connectivity index (χ0n) is 11.1. The summed E-state index contributed by atoms with van der Waals surface area (Å²) in [7, 11) is 1.51. The molecule has 0 heterocycles. The fourth-order valence-corrected chi connectivity index (χ4v) is 1.47. The number of nitrogens with one attached hydrogen (secondary N) is 2. The van der Waals surface area contributed by atoms with Gasteiger partial charge in [0.15, 0.2) is 0 Å². The van der Waals surface area contributed by atoms with Crippen molar-refractivity contribution in [3.63, 3.8) is 0 Å². The van der Waals surface area contributed by atoms with Crippen molar-refractivity contribution in [1.29, 1.82) is 0 Å². The van der Waals surface area contributed by atoms with Gasteiger partial charge in [-0.05, 0) is 24.6 Å². The van der Waals surface area contributed by atoms with Gasteiger partial charge in [-0.2, -0.15) is 0 Å². The molecule has 5 heteroatoms. The lowest BCUT2D eigenvalue weighted by molar-refractivity contribution is -0.119. The van der Waals surface area contributed by atoms with E-state index >= 15 is 0 Å². The van der Waals surface area contributed by atoms with E-state index in [0.29, 0.717) is 10.6 Å². The van der Waals surface area contributed by atoms with Gasteiger partial charge < -0.3 is 10.6 Å². The summed E-state index contributed by atoms with van der Waals surface area (Å²) in [6.45, 7) is 5.83. The molecule has 2 amide bonds. The molecule has 1 aromatic carbocycles. The lowest BCUT2D eigenvalue weighted by Gasteiger charge is -2.06. The van der Waals surface area contributed by atoms with E-state index in [2.05, 4.69) is 10.6 Å². The Labute approximate surface area is 113 Å². The van der Waals surface area contributed by atoms with Gasteiger partial charge >= 0.3 is 0 Å². The number of rotatable bonds is 3. The van der Waals surface area contributed by atoms with Crippen LogP contribution in [0.4, 0.5) is 0 Å². The van der Waals surface area contributed by atoms with Crippen molar-refractivity contribution in [3.8, 4) is 0 Å². The van der Waals surface area contributed by atoms with Crippen molar-refractivity contribution < 1.29 is 9.59 Å². The number of hydrogen-bond acceptors (Lipinski definition) is 2. The van der Waals surface area contributed by atoms with Gasteiger partial charge in [0.1, 0.15) is 0 Å². The minimum Gasteiger partial charge on any atom is -0.358 e. The van der Waals surface area contributed by atoms with Crippen molar-refractivity contribution >= 4 is 23.4 Å². The molecule has 0 unspecified atom stereocenters. The molecule has 0 atom stereocenters. The monoisotopic (exact) mass is 270 g/mol. The Bertz CT molecular complexity index is 419. The first kappa shape index (κ1) is 16.4. The fourth-order valence-electron chi connectivity index (χ4n) is 1.15. The molecule has 0 fully saturated rings. The number of carbonyl (C=O) groups excluding carboxylic acids is 2. The molecule has 0 saturated carbocycles. The predicted octanol–water partition coefficient (Wildman–Crippen LogP) is 2.15. The highest BCUT2D eigenvalue weighted by Crippen LogP contribution is 2.17. The van der Waals surface area contributed by atoms with Gasteiger partial charge in [0, 0.05) is 7.05 Å². The Morgan fingerprint density at radius 3 is 2.39 bits per heavy atom. The molecule has 1 rings (SSSR count). The topological polar surface area (TPSA) is 58.2 Å². The van der Waals surface area contributed by atoms with E-state index in [9.17, 15) is 9.59 Å². The molecule has 0 spiro atoms. The van der Waals surface area contributed by atoms with E-state index in [1.807, 2.05) is 20.8 Å². The van der Waals surface area contributed by atoms with E-state index < -0.39 is 0 Å². The van der Waals surface area contributed by atoms with Gasteiger partial charge in [-0.3, -0.25) is 9.59 Å². The summed E-state index contributed by atoms with van der Waals surface area (Å²) in [6, 6.07) is 5.13. The van der Waals surface area contributed by atoms with E-state index in [1.54, 1.807) is 18.2 Å². The molecule has 100 valence electrons. The van der Waals surface area contributed by atoms with Crippen molar-refractivity contribution in [2.75, 3.05) is 13.6 Å². The van der Waals surface area contributed by atoms with Crippen molar-refractivity contribution in [3.05, 3.63) is 34.3 Å². The summed E-state index contributed by atoms with van der Waals surface area (Å²) in [5.74, 6) is -0.606. The van der Waals surface area contributed by atoms with Crippen LogP contribution in [-0.4, -0.2) is 25.4 Å². The van der Waals surface area contributed by atoms with Crippen molar-refractivity contribution in [2.24, 2.45) is 0 Å². The first-order chi connectivity index (χ1) is 8.54. The van der Waals surface area contributed by atoms with Crippen LogP contribution in [0.3, 0.4) is 0 Å². The summed E-state index contributed by atoms with van der Waals surface area (Å²) in [5, 5.41) is 5.27. The molecule has 0 aliphatic carbocycles. The van der Waals surface area contributed by atoms with Gasteiger partial charge in [0.05, 0.1) is 17.1 Å². The number of halogens is 1. The number of carbonyl (C=O) groups is 2. The zero-order valence-corrected chi connectivity index (χ0v) is 11.9. The van der Waals surface area contributed by atoms with Crippen molar-refractivity contribution in [1.82, 2.24) is 10.6 Å². The normalized spacial score (nSPS) is 8.94. The minimum atomic E-state index is -0.353. The van der Waals surface area contributed by atoms with E-state index in [-0.39, 0.29) is 18.4 Å². The first-order valence-electron chi connectivity index (χ1n) is 5.79. The summed E-state index contributed by atoms with van der Waals surface area (Å²) in [6.07, 6.45) is 0. The maximum absolute atomic E-state index is 11.6. The molecule has 0 aliphatic heterocycles. The fraction of sp³-hybridized carbons (Fsp3) is 0.385. The highest BCUT2D eigenvalue weighted by Gasteiger charge is 2.10. The standard InChI is InChI=1S/C11H13ClN2O2.C2H6/c1-7-3-4-8(9(12)5-7)11(16)14-6-10(15)13-2;1-2/h3-5H,6H2,1-2H3,(H,13,15)(H,14,16);1-2H3. The average molecular weight is 271 g/mol. The van der Waals surface area contributed by atoms with Crippen LogP contribution in [0.5, 0.6) is 0 Å². The number of likely N-dealkylation sites (N-methyl/N-ethyl adjacent to an activating group) is 1. The molecule has 4 nitrogen and oxygen atoms in total. The van der Waals surface area contributed by atoms with Gasteiger partial charge in [-0.15, -0.1) is 0 Å². The highest BCUT2D eigenvalue weighted by molar-refractivity contribution is 6.33. The van der Waals surface area contributed by atoms with Crippen LogP contribution in [0.25, 0.3) is 0 Å². The molecule has 0 aliphatic rings. The second-order valence-corrected chi connectivity index (χ2v) is 3.75. The Kier molecular flexibility index (Phi) is 7.79. The predicted molar refractivity (Wildman–Crippen MR) is 73.9 cm³/mol. The summed E-state index contributed by atoms with van der Waals surface area (Å²) < 4.78 is 0. The lowest BCUT2D eigenvalue weighted by atomic mass is 10.1. The maximum Gasteiger partial charge on any atom is 0.253 e. The molecular formula is C13H19ClN2O2. The second kappa shape index (κ2) is 8.53. The van der Waals surface area contributed by atoms with Gasteiger partial charge in [-0.1, -0.05) is 31.5 Å². The van der Waals surface area contributed by atoms with Crippen molar-refractivity contribution in [2.45, 2.75) is 20.8 Å². The van der Waals surface area contributed by atoms with Crippen LogP contribution >= 0.6 is 11.6 Å². The molecule has 0 aromatic heterocycles. The Hall–Kier alpha value is -1.55. The van der Waals surface area contributed by atoms with E-state index in [0.717, 1.165) is 5.56 Å². The molecule has 0 radical (unpaired) electrons. The quantitative estimate of drug-likeness (QED) is 0.884. The van der Waals surface area contributed by atoms with E-state index in [1.165, 1.54) is 7.05 Å². The molecule has 18 heavy (non-hydrogen) atoms. The highest BCUT2D eigenvalue weighted by atomic mass is 35.5. The van der Waals surface area contributed by atoms with Gasteiger partial charge in [0.2, 0.25) is 5.91 Å². The Balaban J connectivity index is 0.00000137. The lowest BCUT2D eigenvalue weighted by Crippen LogP contribution is -2.35. The van der Waals surface area contributed by atoms with Gasteiger partial charge in [-0.25, -0.2) is 0 Å². The molecule has 2 N–H and O–H groups in total. The average Bonchev–Trinajstić information content (AvgIpc) is 2.37. The Morgan fingerprint density at radius 1 is 1.28 bits per heavy atom. The third kappa shape index (κ3) is 5.19. The number of hydrogen-bond donors (Lipinski definition) is 2. The first-order valence-corrected chi connectivity index (χ1v) is 6.17. The van der Waals surface area contributed by atoms with Crippen LogP contribution in [0.15, 0.2) is 18.2 Å². The third-order valence-electron chi connectivity index (χ3n) is 2.06. The van der Waals surface area contributed by atoms with Crippen LogP contribution in [0.2, 0.25) is 5.02 Å². The van der Waals surface area contributed by atoms with Crippen LogP contribution in [0.1, 0.15) is 29.8 Å². The maximum atomic E-state index is 11.6. The molecule has 0 saturated heterocycles. The summed E-state index contributed by atoms with van der Waals surface area (Å²) in [4.78, 5) is 22.5. The molecular weight excluding hydrogens is 252 g/mol. The largest absolute Gasteiger partial charge is 0.358 e. The third-order valence-corrected chi connectivity index (χ3v) is 2.37. The van der Waals surface area contributed by atoms with Crippen LogP contribution < -0.4 is 10.6 Å². The summed E-state index contributed by atoms with van der Waals surface area (Å²) in [5.41, 5.74) is 1.35. The van der Waals surface area contributed by atoms with Crippen LogP contribution in [-0.2, 0) is 4.79 Å². The Morgan fingerprint density at radius 2 is 1.89 bits per heavy atom. The van der Waals surface area contributed by atoms with Crippen LogP contribution in [0, 0.1) is 6.92 Å². The second-order valence-electron chi connectivity index (χ2n) is 3.34. The smallest absolute Gasteiger partial charge is 0.253 e. The number of amides is 2. The minimum absolute atomic E-state index is 0.0560.